The minimum absolute atomic E-state index is 0.177. The van der Waals surface area contributed by atoms with E-state index in [1.807, 2.05) is 0 Å². The lowest BCUT2D eigenvalue weighted by molar-refractivity contribution is -0.137. The largest absolute Gasteiger partial charge is 0.454 e. The Morgan fingerprint density at radius 2 is 1.46 bits per heavy atom. The number of hydrogen-bond acceptors (Lipinski definition) is 7. The molecule has 3 aromatic rings. The monoisotopic (exact) mass is 511 g/mol. The van der Waals surface area contributed by atoms with Crippen LogP contribution in [0.2, 0.25) is 0 Å². The molecular formula is C26H16F3NO7. The van der Waals surface area contributed by atoms with Gasteiger partial charge in [0, 0.05) is 12.5 Å². The molecule has 0 unspecified atom stereocenters. The van der Waals surface area contributed by atoms with E-state index in [-0.39, 0.29) is 28.0 Å². The zero-order chi connectivity index (χ0) is 26.9. The summed E-state index contributed by atoms with van der Waals surface area (Å²) in [6.07, 6.45) is -4.81. The number of hydrogen-bond donors (Lipinski definition) is 0. The van der Waals surface area contributed by atoms with E-state index in [1.54, 1.807) is 0 Å². The zero-order valence-electron chi connectivity index (χ0n) is 19.0. The molecule has 3 aromatic carbocycles. The molecule has 0 radical (unpaired) electrons. The molecule has 8 nitrogen and oxygen atoms in total. The van der Waals surface area contributed by atoms with Crippen LogP contribution in [0.4, 0.5) is 18.9 Å². The third-order valence-electron chi connectivity index (χ3n) is 5.34. The summed E-state index contributed by atoms with van der Waals surface area (Å²) in [7, 11) is 0. The molecule has 37 heavy (non-hydrogen) atoms. The number of esters is 2. The Kier molecular flexibility index (Phi) is 6.62. The highest BCUT2D eigenvalue weighted by Crippen LogP contribution is 2.39. The number of benzene rings is 3. The Bertz CT molecular complexity index is 1450. The number of halogens is 3. The molecule has 0 fully saturated rings. The van der Waals surface area contributed by atoms with Crippen LogP contribution in [0.25, 0.3) is 0 Å². The number of imide groups is 1. The van der Waals surface area contributed by atoms with Gasteiger partial charge in [-0.2, -0.15) is 13.2 Å². The van der Waals surface area contributed by atoms with Crippen LogP contribution < -0.4 is 9.64 Å². The highest BCUT2D eigenvalue weighted by Gasteiger charge is 2.42. The molecule has 1 aliphatic heterocycles. The standard InChI is InChI=1S/C26H16F3NO7/c1-14(31)37-17-9-6-15(7-10-17)22(32)13-36-25(35)16-8-11-18-19(12-16)24(34)30(23(18)33)21-5-3-2-4-20(21)26(27,28)29/h2-12H,13H2,1H3. The molecule has 188 valence electrons. The Labute approximate surface area is 207 Å². The molecular weight excluding hydrogens is 495 g/mol. The first kappa shape index (κ1) is 25.3. The number of fused-ring (bicyclic) bond motifs is 1. The van der Waals surface area contributed by atoms with Crippen molar-refractivity contribution in [1.82, 2.24) is 0 Å². The fourth-order valence-corrected chi connectivity index (χ4v) is 3.67. The van der Waals surface area contributed by atoms with Gasteiger partial charge in [-0.3, -0.25) is 19.2 Å². The molecule has 0 aromatic heterocycles. The lowest BCUT2D eigenvalue weighted by Crippen LogP contribution is -2.31. The van der Waals surface area contributed by atoms with E-state index in [2.05, 4.69) is 0 Å². The Morgan fingerprint density at radius 1 is 0.838 bits per heavy atom. The fourth-order valence-electron chi connectivity index (χ4n) is 3.67. The van der Waals surface area contributed by atoms with E-state index in [0.717, 1.165) is 30.3 Å². The van der Waals surface area contributed by atoms with E-state index in [1.165, 1.54) is 43.3 Å². The molecule has 0 spiro atoms. The predicted molar refractivity (Wildman–Crippen MR) is 121 cm³/mol. The highest BCUT2D eigenvalue weighted by atomic mass is 19.4. The van der Waals surface area contributed by atoms with Gasteiger partial charge in [0.25, 0.3) is 11.8 Å². The van der Waals surface area contributed by atoms with E-state index in [9.17, 15) is 37.1 Å². The van der Waals surface area contributed by atoms with Gasteiger partial charge in [0.1, 0.15) is 5.75 Å². The number of para-hydroxylation sites is 1. The number of anilines is 1. The van der Waals surface area contributed by atoms with Gasteiger partial charge in [-0.25, -0.2) is 9.69 Å². The SMILES string of the molecule is CC(=O)Oc1ccc(C(=O)COC(=O)c2ccc3c(c2)C(=O)N(c2ccccc2C(F)(F)F)C3=O)cc1. The fraction of sp³-hybridized carbons (Fsp3) is 0.115. The average molecular weight is 511 g/mol. The Morgan fingerprint density at radius 3 is 2.11 bits per heavy atom. The summed E-state index contributed by atoms with van der Waals surface area (Å²) in [6.45, 7) is 0.570. The second kappa shape index (κ2) is 9.69. The van der Waals surface area contributed by atoms with E-state index in [0.29, 0.717) is 4.90 Å². The maximum atomic E-state index is 13.4. The molecule has 0 atom stereocenters. The summed E-state index contributed by atoms with van der Waals surface area (Å²) in [4.78, 5) is 61.9. The molecule has 0 saturated carbocycles. The van der Waals surface area contributed by atoms with Crippen molar-refractivity contribution in [1.29, 1.82) is 0 Å². The topological polar surface area (TPSA) is 107 Å². The van der Waals surface area contributed by atoms with Gasteiger partial charge in [0.2, 0.25) is 0 Å². The van der Waals surface area contributed by atoms with Crippen LogP contribution in [0, 0.1) is 0 Å². The number of carbonyl (C=O) groups excluding carboxylic acids is 5. The van der Waals surface area contributed by atoms with Crippen LogP contribution in [-0.4, -0.2) is 36.1 Å². The van der Waals surface area contributed by atoms with Crippen molar-refractivity contribution in [2.45, 2.75) is 13.1 Å². The summed E-state index contributed by atoms with van der Waals surface area (Å²) in [5.74, 6) is -3.85. The number of rotatable bonds is 6. The van der Waals surface area contributed by atoms with Gasteiger partial charge in [-0.05, 0) is 54.6 Å². The quantitative estimate of drug-likeness (QED) is 0.208. The molecule has 4 rings (SSSR count). The Balaban J connectivity index is 1.49. The molecule has 0 bridgehead atoms. The van der Waals surface area contributed by atoms with Crippen molar-refractivity contribution in [2.75, 3.05) is 11.5 Å². The van der Waals surface area contributed by atoms with E-state index in [4.69, 9.17) is 9.47 Å². The molecule has 11 heteroatoms. The lowest BCUT2D eigenvalue weighted by Gasteiger charge is -2.19. The first-order valence-electron chi connectivity index (χ1n) is 10.6. The maximum absolute atomic E-state index is 13.4. The van der Waals surface area contributed by atoms with E-state index < -0.39 is 53.6 Å². The van der Waals surface area contributed by atoms with E-state index >= 15 is 0 Å². The smallest absolute Gasteiger partial charge is 0.418 e. The molecule has 0 saturated heterocycles. The van der Waals surface area contributed by atoms with Crippen LogP contribution in [0.1, 0.15) is 53.9 Å². The highest BCUT2D eigenvalue weighted by molar-refractivity contribution is 6.35. The molecule has 1 heterocycles. The van der Waals surface area contributed by atoms with Gasteiger partial charge in [-0.1, -0.05) is 12.1 Å². The molecule has 0 N–H and O–H groups in total. The summed E-state index contributed by atoms with van der Waals surface area (Å²) < 4.78 is 50.2. The van der Waals surface area contributed by atoms with Crippen molar-refractivity contribution < 1.29 is 46.6 Å². The number of carbonyl (C=O) groups is 5. The van der Waals surface area contributed by atoms with Gasteiger partial charge in [0.05, 0.1) is 27.9 Å². The van der Waals surface area contributed by atoms with Gasteiger partial charge in [-0.15, -0.1) is 0 Å². The predicted octanol–water partition coefficient (Wildman–Crippen LogP) is 4.47. The van der Waals surface area contributed by atoms with Crippen LogP contribution in [0.15, 0.2) is 66.7 Å². The first-order valence-corrected chi connectivity index (χ1v) is 10.6. The summed E-state index contributed by atoms with van der Waals surface area (Å²) in [5, 5.41) is 0. The third kappa shape index (κ3) is 5.10. The number of ketones is 1. The van der Waals surface area contributed by atoms with Gasteiger partial charge < -0.3 is 9.47 Å². The summed E-state index contributed by atoms with van der Waals surface area (Å²) in [6, 6.07) is 13.0. The average Bonchev–Trinajstić information content (AvgIpc) is 3.11. The molecule has 0 aliphatic carbocycles. The van der Waals surface area contributed by atoms with Crippen molar-refractivity contribution in [3.05, 3.63) is 94.5 Å². The molecule has 1 aliphatic rings. The Hall–Kier alpha value is -4.80. The number of amides is 2. The minimum atomic E-state index is -4.81. The molecule has 2 amide bonds. The second-order valence-electron chi connectivity index (χ2n) is 7.84. The zero-order valence-corrected chi connectivity index (χ0v) is 19.0. The van der Waals surface area contributed by atoms with Crippen LogP contribution in [0.3, 0.4) is 0 Å². The van der Waals surface area contributed by atoms with Crippen molar-refractivity contribution >= 4 is 35.2 Å². The van der Waals surface area contributed by atoms with Crippen molar-refractivity contribution in [3.63, 3.8) is 0 Å². The lowest BCUT2D eigenvalue weighted by atomic mass is 10.1. The normalized spacial score (nSPS) is 12.8. The van der Waals surface area contributed by atoms with Crippen LogP contribution in [-0.2, 0) is 15.7 Å². The first-order chi connectivity index (χ1) is 17.5. The van der Waals surface area contributed by atoms with Gasteiger partial charge >= 0.3 is 18.1 Å². The number of nitrogens with zero attached hydrogens (tertiary/aromatic N) is 1. The number of Topliss-reactive ketones (excluding diaryl/α,β-unsaturated/α-hetero) is 1. The third-order valence-corrected chi connectivity index (χ3v) is 5.34. The maximum Gasteiger partial charge on any atom is 0.418 e. The van der Waals surface area contributed by atoms with Crippen LogP contribution >= 0.6 is 0 Å². The van der Waals surface area contributed by atoms with Crippen molar-refractivity contribution in [3.8, 4) is 5.75 Å². The van der Waals surface area contributed by atoms with Gasteiger partial charge in [0.15, 0.2) is 12.4 Å². The van der Waals surface area contributed by atoms with Crippen LogP contribution in [0.5, 0.6) is 5.75 Å². The number of ether oxygens (including phenoxy) is 2. The summed E-state index contributed by atoms with van der Waals surface area (Å²) >= 11 is 0. The minimum Gasteiger partial charge on any atom is -0.454 e. The summed E-state index contributed by atoms with van der Waals surface area (Å²) in [5.41, 5.74) is -2.24. The van der Waals surface area contributed by atoms with Crippen molar-refractivity contribution in [2.24, 2.45) is 0 Å². The second-order valence-corrected chi connectivity index (χ2v) is 7.84. The number of alkyl halides is 3.